The summed E-state index contributed by atoms with van der Waals surface area (Å²) in [5.41, 5.74) is 6.71. The van der Waals surface area contributed by atoms with E-state index in [2.05, 4.69) is 33.8 Å². The fourth-order valence-corrected chi connectivity index (χ4v) is 2.63. The van der Waals surface area contributed by atoms with E-state index >= 15 is 0 Å². The quantitative estimate of drug-likeness (QED) is 0.742. The Balaban J connectivity index is 1.84. The number of ether oxygens (including phenoxy) is 1. The van der Waals surface area contributed by atoms with Gasteiger partial charge in [0.2, 0.25) is 0 Å². The van der Waals surface area contributed by atoms with Crippen LogP contribution in [0.15, 0.2) is 21.5 Å². The van der Waals surface area contributed by atoms with Crippen LogP contribution >= 0.6 is 0 Å². The highest BCUT2D eigenvalue weighted by Crippen LogP contribution is 2.34. The minimum atomic E-state index is -0.698. The molecule has 0 saturated carbocycles. The number of nitrogens with one attached hydrogen (secondary N) is 2. The lowest BCUT2D eigenvalue weighted by Gasteiger charge is -2.25. The van der Waals surface area contributed by atoms with Crippen LogP contribution in [-0.2, 0) is 4.74 Å². The molecular weight excluding hydrogens is 303 g/mol. The van der Waals surface area contributed by atoms with E-state index in [4.69, 9.17) is 10.5 Å². The molecule has 7 nitrogen and oxygen atoms in total. The van der Waals surface area contributed by atoms with Crippen molar-refractivity contribution in [3.8, 4) is 11.4 Å². The highest BCUT2D eigenvalue weighted by Gasteiger charge is 2.35. The molecule has 1 saturated heterocycles. The van der Waals surface area contributed by atoms with Crippen LogP contribution in [0, 0.1) is 17.2 Å². The summed E-state index contributed by atoms with van der Waals surface area (Å²) in [5, 5.41) is 6.73. The molecule has 2 aromatic rings. The van der Waals surface area contributed by atoms with Gasteiger partial charge >= 0.3 is 5.76 Å². The number of hydrogen-bond acceptors (Lipinski definition) is 6. The zero-order valence-electron chi connectivity index (χ0n) is 13.0. The summed E-state index contributed by atoms with van der Waals surface area (Å²) in [4.78, 5) is 13.4. The second kappa shape index (κ2) is 5.69. The first-order valence-electron chi connectivity index (χ1n) is 7.34. The van der Waals surface area contributed by atoms with Crippen molar-refractivity contribution >= 4 is 11.4 Å². The molecule has 1 aliphatic rings. The lowest BCUT2D eigenvalue weighted by atomic mass is 9.82. The minimum Gasteiger partial charge on any atom is -0.395 e. The molecule has 0 spiro atoms. The molecule has 1 aliphatic heterocycles. The first-order valence-corrected chi connectivity index (χ1v) is 7.34. The van der Waals surface area contributed by atoms with E-state index in [-0.39, 0.29) is 16.9 Å². The van der Waals surface area contributed by atoms with Crippen molar-refractivity contribution < 1.29 is 13.7 Å². The van der Waals surface area contributed by atoms with Crippen LogP contribution in [0.25, 0.3) is 11.4 Å². The summed E-state index contributed by atoms with van der Waals surface area (Å²) in [7, 11) is 0. The number of anilines is 2. The van der Waals surface area contributed by atoms with Crippen LogP contribution in [0.1, 0.15) is 13.8 Å². The Morgan fingerprint density at radius 3 is 2.91 bits per heavy atom. The van der Waals surface area contributed by atoms with Crippen molar-refractivity contribution in [1.29, 1.82) is 0 Å². The summed E-state index contributed by atoms with van der Waals surface area (Å²) in [6, 6.07) is 2.84. The Bertz CT molecular complexity index is 768. The first-order chi connectivity index (χ1) is 10.9. The Labute approximate surface area is 132 Å². The largest absolute Gasteiger partial charge is 0.439 e. The highest BCUT2D eigenvalue weighted by molar-refractivity contribution is 5.74. The number of benzene rings is 1. The summed E-state index contributed by atoms with van der Waals surface area (Å²) in [5.74, 6) is -0.839. The number of nitrogens with zero attached hydrogens (tertiary/aromatic N) is 1. The molecule has 23 heavy (non-hydrogen) atoms. The fourth-order valence-electron chi connectivity index (χ4n) is 2.63. The summed E-state index contributed by atoms with van der Waals surface area (Å²) >= 11 is 0. The Hall–Kier alpha value is -2.35. The molecule has 1 fully saturated rings. The molecule has 1 aromatic heterocycles. The molecule has 124 valence electrons. The maximum Gasteiger partial charge on any atom is 0.439 e. The van der Waals surface area contributed by atoms with E-state index in [1.165, 1.54) is 6.07 Å². The zero-order chi connectivity index (χ0) is 16.6. The van der Waals surface area contributed by atoms with Gasteiger partial charge in [-0.15, -0.1) is 0 Å². The summed E-state index contributed by atoms with van der Waals surface area (Å²) in [6.07, 6.45) is 0. The van der Waals surface area contributed by atoms with E-state index in [0.717, 1.165) is 0 Å². The number of hydrogen-bond donors (Lipinski definition) is 3. The van der Waals surface area contributed by atoms with E-state index < -0.39 is 11.6 Å². The van der Waals surface area contributed by atoms with Gasteiger partial charge in [0.15, 0.2) is 5.82 Å². The van der Waals surface area contributed by atoms with Gasteiger partial charge < -0.3 is 15.8 Å². The van der Waals surface area contributed by atoms with Crippen molar-refractivity contribution in [1.82, 2.24) is 10.1 Å². The molecule has 0 radical (unpaired) electrons. The summed E-state index contributed by atoms with van der Waals surface area (Å²) < 4.78 is 24.0. The predicted octanol–water partition coefficient (Wildman–Crippen LogP) is 1.84. The van der Waals surface area contributed by atoms with Gasteiger partial charge in [0.05, 0.1) is 24.6 Å². The molecular formula is C15H19FN4O3. The van der Waals surface area contributed by atoms with E-state index in [1.807, 2.05) is 0 Å². The molecule has 3 rings (SSSR count). The van der Waals surface area contributed by atoms with Gasteiger partial charge in [-0.05, 0) is 17.5 Å². The molecule has 4 N–H and O–H groups in total. The molecule has 0 amide bonds. The fraction of sp³-hybridized carbons (Fsp3) is 0.467. The van der Waals surface area contributed by atoms with Gasteiger partial charge in [0.25, 0.3) is 0 Å². The first kappa shape index (κ1) is 15.5. The summed E-state index contributed by atoms with van der Waals surface area (Å²) in [6.45, 7) is 6.22. The number of aromatic nitrogens is 2. The van der Waals surface area contributed by atoms with Crippen molar-refractivity contribution in [2.45, 2.75) is 13.8 Å². The molecule has 0 unspecified atom stereocenters. The number of H-pyrrole nitrogens is 1. The van der Waals surface area contributed by atoms with Crippen LogP contribution in [0.4, 0.5) is 15.8 Å². The Kier molecular flexibility index (Phi) is 3.85. The third-order valence-electron chi connectivity index (χ3n) is 4.28. The predicted molar refractivity (Wildman–Crippen MR) is 83.5 cm³/mol. The standard InChI is InChI=1S/C15H19FN4O3/c1-15(2)7-22-6-9(15)5-18-11-4-8(3-10(16)12(11)17)13-19-14(21)23-20-13/h3-4,9,18H,5-7,17H2,1-2H3,(H,19,20,21)/t9-/m1/s1. The van der Waals surface area contributed by atoms with Crippen molar-refractivity contribution in [3.63, 3.8) is 0 Å². The van der Waals surface area contributed by atoms with Crippen LogP contribution in [-0.4, -0.2) is 29.9 Å². The lowest BCUT2D eigenvalue weighted by Crippen LogP contribution is -2.28. The number of halogens is 1. The molecule has 8 heteroatoms. The molecule has 0 aliphatic carbocycles. The average molecular weight is 322 g/mol. The number of aromatic amines is 1. The minimum absolute atomic E-state index is 0.0244. The van der Waals surface area contributed by atoms with Gasteiger partial charge in [-0.25, -0.2) is 9.18 Å². The maximum absolute atomic E-state index is 14.0. The highest BCUT2D eigenvalue weighted by atomic mass is 19.1. The monoisotopic (exact) mass is 322 g/mol. The van der Waals surface area contributed by atoms with E-state index in [9.17, 15) is 9.18 Å². The van der Waals surface area contributed by atoms with Crippen LogP contribution < -0.4 is 16.8 Å². The zero-order valence-corrected chi connectivity index (χ0v) is 13.0. The Morgan fingerprint density at radius 2 is 2.30 bits per heavy atom. The van der Waals surface area contributed by atoms with Crippen LogP contribution in [0.2, 0.25) is 0 Å². The third kappa shape index (κ3) is 3.07. The molecule has 2 heterocycles. The lowest BCUT2D eigenvalue weighted by molar-refractivity contribution is 0.166. The average Bonchev–Trinajstić information content (AvgIpc) is 3.06. The van der Waals surface area contributed by atoms with E-state index in [0.29, 0.717) is 36.9 Å². The topological polar surface area (TPSA) is 106 Å². The van der Waals surface area contributed by atoms with Gasteiger partial charge in [0.1, 0.15) is 5.82 Å². The normalized spacial score (nSPS) is 19.9. The number of rotatable bonds is 4. The molecule has 1 aromatic carbocycles. The second-order valence-corrected chi connectivity index (χ2v) is 6.44. The van der Waals surface area contributed by atoms with Gasteiger partial charge in [-0.2, -0.15) is 0 Å². The molecule has 1 atom stereocenters. The van der Waals surface area contributed by atoms with Crippen molar-refractivity contribution in [2.24, 2.45) is 11.3 Å². The Morgan fingerprint density at radius 1 is 1.52 bits per heavy atom. The SMILES string of the molecule is CC1(C)COC[C@H]1CNc1cc(-c2noc(=O)[nH]2)cc(F)c1N. The number of nitrogens with two attached hydrogens (primary N) is 1. The third-order valence-corrected chi connectivity index (χ3v) is 4.28. The van der Waals surface area contributed by atoms with Crippen LogP contribution in [0.3, 0.4) is 0 Å². The van der Waals surface area contributed by atoms with Crippen LogP contribution in [0.5, 0.6) is 0 Å². The molecule has 0 bridgehead atoms. The second-order valence-electron chi connectivity index (χ2n) is 6.44. The van der Waals surface area contributed by atoms with Crippen molar-refractivity contribution in [3.05, 3.63) is 28.5 Å². The van der Waals surface area contributed by atoms with Gasteiger partial charge in [-0.3, -0.25) is 9.51 Å². The maximum atomic E-state index is 14.0. The van der Waals surface area contributed by atoms with Crippen molar-refractivity contribution in [2.75, 3.05) is 30.8 Å². The van der Waals surface area contributed by atoms with Gasteiger partial charge in [0, 0.05) is 18.0 Å². The smallest absolute Gasteiger partial charge is 0.395 e. The number of nitrogen functional groups attached to an aromatic ring is 1. The van der Waals surface area contributed by atoms with Gasteiger partial charge in [-0.1, -0.05) is 19.0 Å². The van der Waals surface area contributed by atoms with E-state index in [1.54, 1.807) is 6.07 Å².